The number of benzene rings is 2. The topological polar surface area (TPSA) is 70.8 Å². The lowest BCUT2D eigenvalue weighted by Gasteiger charge is -2.09. The highest BCUT2D eigenvalue weighted by atomic mass is 32.1. The molecule has 0 unspecified atom stereocenters. The summed E-state index contributed by atoms with van der Waals surface area (Å²) in [5.74, 6) is 1.21. The van der Waals surface area contributed by atoms with Gasteiger partial charge in [-0.2, -0.15) is 0 Å². The van der Waals surface area contributed by atoms with Crippen molar-refractivity contribution in [1.82, 2.24) is 4.98 Å². The molecule has 0 saturated carbocycles. The van der Waals surface area contributed by atoms with Gasteiger partial charge in [0.1, 0.15) is 11.5 Å². The summed E-state index contributed by atoms with van der Waals surface area (Å²) < 4.78 is 38.8. The van der Waals surface area contributed by atoms with E-state index in [1.165, 1.54) is 14.2 Å². The molecular weight excluding hydrogens is 426 g/mol. The maximum Gasteiger partial charge on any atom is 0.373 e. The normalized spacial score (nSPS) is 12.4. The highest BCUT2D eigenvalue weighted by Crippen LogP contribution is 2.34. The van der Waals surface area contributed by atoms with Crippen molar-refractivity contribution in [2.24, 2.45) is 0 Å². The lowest BCUT2D eigenvalue weighted by atomic mass is 10.1. The molecule has 0 aliphatic heterocycles. The second-order valence-corrected chi connectivity index (χ2v) is 7.75. The molecule has 0 radical (unpaired) electrons. The zero-order valence-electron chi connectivity index (χ0n) is 19.9. The Morgan fingerprint density at radius 1 is 1.19 bits per heavy atom. The zero-order chi connectivity index (χ0) is 24.2. The number of aromatic nitrogens is 1. The molecule has 164 valence electrons. The number of oxazole rings is 1. The first-order chi connectivity index (χ1) is 16.4. The average Bonchev–Trinajstić information content (AvgIpc) is 3.45. The molecule has 2 aromatic heterocycles. The number of ether oxygens (including phenoxy) is 3. The Balaban J connectivity index is 1.51. The van der Waals surface area contributed by atoms with Crippen molar-refractivity contribution in [3.63, 3.8) is 0 Å². The third-order valence-electron chi connectivity index (χ3n) is 4.85. The van der Waals surface area contributed by atoms with Crippen molar-refractivity contribution in [2.75, 3.05) is 20.8 Å². The van der Waals surface area contributed by atoms with Crippen LogP contribution in [0.25, 0.3) is 27.6 Å². The number of nitrogens with zero attached hydrogens (tertiary/aromatic N) is 1. The monoisotopic (exact) mass is 451 g/mol. The summed E-state index contributed by atoms with van der Waals surface area (Å²) in [6, 6.07) is 11.0. The molecule has 0 amide bonds. The molecule has 0 bridgehead atoms. The number of carbonyl (C=O) groups is 1. The van der Waals surface area contributed by atoms with Crippen LogP contribution in [-0.4, -0.2) is 31.8 Å². The molecular formula is C25H23NO5S. The van der Waals surface area contributed by atoms with Crippen LogP contribution < -0.4 is 4.74 Å². The Labute approximate surface area is 192 Å². The van der Waals surface area contributed by atoms with Crippen LogP contribution in [0.1, 0.15) is 19.8 Å². The summed E-state index contributed by atoms with van der Waals surface area (Å²) in [6.45, 7) is 2.18. The number of hydrogen-bond donors (Lipinski definition) is 0. The van der Waals surface area contributed by atoms with Gasteiger partial charge in [0.2, 0.25) is 11.6 Å². The first-order valence-electron chi connectivity index (χ1n) is 10.9. The molecule has 0 aliphatic carbocycles. The van der Waals surface area contributed by atoms with Crippen molar-refractivity contribution >= 4 is 33.5 Å². The number of hydrogen-bond acceptors (Lipinski definition) is 7. The van der Waals surface area contributed by atoms with E-state index in [1.807, 2.05) is 30.5 Å². The molecule has 2 aromatic carbocycles. The van der Waals surface area contributed by atoms with E-state index in [2.05, 4.69) is 4.98 Å². The summed E-state index contributed by atoms with van der Waals surface area (Å²) >= 11 is 1.54. The van der Waals surface area contributed by atoms with Crippen LogP contribution >= 0.6 is 11.3 Å². The van der Waals surface area contributed by atoms with Crippen LogP contribution in [0, 0.1) is 6.92 Å². The second kappa shape index (κ2) is 9.70. The van der Waals surface area contributed by atoms with Gasteiger partial charge < -0.3 is 18.6 Å². The predicted octanol–water partition coefficient (Wildman–Crippen LogP) is 5.65. The van der Waals surface area contributed by atoms with Crippen LogP contribution in [0.15, 0.2) is 64.0 Å². The smallest absolute Gasteiger partial charge is 0.373 e. The van der Waals surface area contributed by atoms with Gasteiger partial charge in [-0.3, -0.25) is 0 Å². The maximum absolute atomic E-state index is 11.9. The van der Waals surface area contributed by atoms with Crippen molar-refractivity contribution in [2.45, 2.75) is 13.3 Å². The minimum absolute atomic E-state index is 0.119. The number of esters is 1. The molecule has 0 atom stereocenters. The number of fused-ring (bicyclic) bond motifs is 1. The van der Waals surface area contributed by atoms with Crippen LogP contribution in [0.4, 0.5) is 0 Å². The van der Waals surface area contributed by atoms with Crippen molar-refractivity contribution < 1.29 is 26.2 Å². The van der Waals surface area contributed by atoms with E-state index >= 15 is 0 Å². The number of rotatable bonds is 8. The van der Waals surface area contributed by atoms with Crippen LogP contribution in [0.2, 0.25) is 0 Å². The van der Waals surface area contributed by atoms with Gasteiger partial charge in [-0.15, -0.1) is 11.3 Å². The fourth-order valence-electron chi connectivity index (χ4n) is 3.24. The molecule has 0 fully saturated rings. The van der Waals surface area contributed by atoms with Crippen LogP contribution in [0.5, 0.6) is 5.75 Å². The van der Waals surface area contributed by atoms with E-state index < -0.39 is 5.97 Å². The van der Waals surface area contributed by atoms with Gasteiger partial charge in [0.05, 0.1) is 29.3 Å². The van der Waals surface area contributed by atoms with Gasteiger partial charge in [0.25, 0.3) is 0 Å². The molecule has 0 spiro atoms. The Morgan fingerprint density at radius 2 is 2.00 bits per heavy atom. The van der Waals surface area contributed by atoms with Gasteiger partial charge in [0, 0.05) is 22.1 Å². The largest absolute Gasteiger partial charge is 0.493 e. The second-order valence-electron chi connectivity index (χ2n) is 6.83. The summed E-state index contributed by atoms with van der Waals surface area (Å²) in [4.78, 5) is 16.4. The quantitative estimate of drug-likeness (QED) is 0.196. The summed E-state index contributed by atoms with van der Waals surface area (Å²) in [5, 5.41) is 2.89. The third kappa shape index (κ3) is 4.53. The molecule has 4 aromatic rings. The molecule has 2 heterocycles. The number of carbonyl (C=O) groups excluding carboxylic acids is 1. The average molecular weight is 452 g/mol. The van der Waals surface area contributed by atoms with E-state index in [1.54, 1.807) is 35.6 Å². The lowest BCUT2D eigenvalue weighted by Crippen LogP contribution is -2.06. The Bertz CT molecular complexity index is 1350. The summed E-state index contributed by atoms with van der Waals surface area (Å²) in [5.41, 5.74) is 1.93. The van der Waals surface area contributed by atoms with E-state index in [-0.39, 0.29) is 23.7 Å². The fourth-order valence-corrected chi connectivity index (χ4v) is 4.14. The molecule has 7 heteroatoms. The number of aryl methyl sites for hydroxylation is 1. The summed E-state index contributed by atoms with van der Waals surface area (Å²) in [7, 11) is 2.74. The fraction of sp³-hybridized carbons (Fsp3) is 0.200. The highest BCUT2D eigenvalue weighted by molar-refractivity contribution is 7.17. The van der Waals surface area contributed by atoms with Crippen molar-refractivity contribution in [3.8, 4) is 17.2 Å². The molecule has 4 rings (SSSR count). The van der Waals surface area contributed by atoms with Crippen LogP contribution in [-0.2, 0) is 20.7 Å². The van der Waals surface area contributed by atoms with Gasteiger partial charge in [-0.1, -0.05) is 18.2 Å². The Morgan fingerprint density at radius 3 is 2.75 bits per heavy atom. The van der Waals surface area contributed by atoms with Crippen molar-refractivity contribution in [1.29, 1.82) is 0 Å². The Hall–Kier alpha value is -3.58. The van der Waals surface area contributed by atoms with Gasteiger partial charge in [-0.25, -0.2) is 9.78 Å². The number of thiophene rings is 1. The van der Waals surface area contributed by atoms with Gasteiger partial charge in [-0.05, 0) is 54.2 Å². The molecule has 0 N–H and O–H groups in total. The third-order valence-corrected chi connectivity index (χ3v) is 5.81. The van der Waals surface area contributed by atoms with Gasteiger partial charge in [0.15, 0.2) is 0 Å². The first kappa shape index (κ1) is 19.1. The Kier molecular flexibility index (Phi) is 5.80. The molecule has 0 saturated heterocycles. The zero-order valence-corrected chi connectivity index (χ0v) is 18.7. The molecule has 0 aliphatic rings. The molecule has 6 nitrogen and oxygen atoms in total. The first-order valence-corrected chi connectivity index (χ1v) is 10.8. The highest BCUT2D eigenvalue weighted by Gasteiger charge is 2.14. The lowest BCUT2D eigenvalue weighted by molar-refractivity contribution is -0.139. The minimum Gasteiger partial charge on any atom is -0.493 e. The van der Waals surface area contributed by atoms with Crippen LogP contribution in [0.3, 0.4) is 0 Å². The van der Waals surface area contributed by atoms with Crippen molar-refractivity contribution in [3.05, 3.63) is 76.6 Å². The maximum atomic E-state index is 11.9. The SMILES string of the molecule is [2H]c1cccc([2H])c1-c1nc(CCOc2ccc(/C=C(\OC)C(=O)OC)c3sccc23)c(C)o1. The minimum atomic E-state index is -0.541. The van der Waals surface area contributed by atoms with E-state index in [0.29, 0.717) is 24.4 Å². The summed E-state index contributed by atoms with van der Waals surface area (Å²) in [6.07, 6.45) is 2.16. The predicted molar refractivity (Wildman–Crippen MR) is 125 cm³/mol. The van der Waals surface area contributed by atoms with E-state index in [4.69, 9.17) is 21.4 Å². The van der Waals surface area contributed by atoms with Gasteiger partial charge >= 0.3 is 5.97 Å². The number of methoxy groups -OCH3 is 2. The molecule has 32 heavy (non-hydrogen) atoms. The van der Waals surface area contributed by atoms with E-state index in [0.717, 1.165) is 27.1 Å². The standard InChI is InChI=1S/C25H23NO5S/c1-16-20(26-24(31-16)17-7-5-4-6-8-17)11-13-30-21-10-9-18(23-19(21)12-14-32-23)15-22(28-2)25(27)29-3/h4-10,12,14-15H,11,13H2,1-3H3/b22-15-/i7D,8D. The van der Waals surface area contributed by atoms with E-state index in [9.17, 15) is 4.79 Å².